The summed E-state index contributed by atoms with van der Waals surface area (Å²) in [7, 11) is 0. The van der Waals surface area contributed by atoms with Crippen LogP contribution in [0.1, 0.15) is 33.6 Å². The minimum Gasteiger partial charge on any atom is -0.367 e. The fourth-order valence-corrected chi connectivity index (χ4v) is 1.97. The Morgan fingerprint density at radius 2 is 2.28 bits per heavy atom. The highest BCUT2D eigenvalue weighted by atomic mass is 16.1. The van der Waals surface area contributed by atoms with Crippen LogP contribution in [0.3, 0.4) is 0 Å². The molecule has 98 valence electrons. The van der Waals surface area contributed by atoms with Crippen molar-refractivity contribution in [2.45, 2.75) is 39.7 Å². The SMILES string of the molecule is CCC(C)CC(C)Nc1cc2n[nH]c(=O)n2cn1. The maximum Gasteiger partial charge on any atom is 0.348 e. The third-order valence-electron chi connectivity index (χ3n) is 3.16. The van der Waals surface area contributed by atoms with E-state index in [1.165, 1.54) is 17.1 Å². The van der Waals surface area contributed by atoms with Gasteiger partial charge in [-0.15, -0.1) is 0 Å². The maximum atomic E-state index is 11.3. The first-order chi connectivity index (χ1) is 8.60. The Hall–Kier alpha value is -1.85. The van der Waals surface area contributed by atoms with Crippen LogP contribution in [0.4, 0.5) is 5.82 Å². The van der Waals surface area contributed by atoms with Crippen molar-refractivity contribution in [2.75, 3.05) is 5.32 Å². The first-order valence-electron chi connectivity index (χ1n) is 6.29. The minimum absolute atomic E-state index is 0.267. The third kappa shape index (κ3) is 2.69. The van der Waals surface area contributed by atoms with Crippen LogP contribution in [0.2, 0.25) is 0 Å². The number of hydrogen-bond acceptors (Lipinski definition) is 4. The Kier molecular flexibility index (Phi) is 3.64. The highest BCUT2D eigenvalue weighted by molar-refractivity contribution is 5.48. The molecule has 0 aliphatic carbocycles. The van der Waals surface area contributed by atoms with Crippen molar-refractivity contribution in [2.24, 2.45) is 5.92 Å². The smallest absolute Gasteiger partial charge is 0.348 e. The molecule has 0 spiro atoms. The van der Waals surface area contributed by atoms with Gasteiger partial charge in [0.05, 0.1) is 0 Å². The van der Waals surface area contributed by atoms with E-state index in [4.69, 9.17) is 0 Å². The molecule has 2 atom stereocenters. The Labute approximate surface area is 105 Å². The van der Waals surface area contributed by atoms with Crippen molar-refractivity contribution in [3.8, 4) is 0 Å². The van der Waals surface area contributed by atoms with Gasteiger partial charge < -0.3 is 5.32 Å². The number of fused-ring (bicyclic) bond motifs is 1. The Morgan fingerprint density at radius 3 is 3.00 bits per heavy atom. The number of nitrogens with zero attached hydrogens (tertiary/aromatic N) is 3. The summed E-state index contributed by atoms with van der Waals surface area (Å²) in [6.45, 7) is 6.56. The zero-order valence-corrected chi connectivity index (χ0v) is 11.0. The number of nitrogens with one attached hydrogen (secondary N) is 2. The predicted molar refractivity (Wildman–Crippen MR) is 70.8 cm³/mol. The van der Waals surface area contributed by atoms with Crippen LogP contribution < -0.4 is 11.0 Å². The lowest BCUT2D eigenvalue weighted by atomic mass is 10.0. The molecule has 0 amide bonds. The van der Waals surface area contributed by atoms with Crippen LogP contribution in [-0.2, 0) is 0 Å². The second-order valence-corrected chi connectivity index (χ2v) is 4.83. The summed E-state index contributed by atoms with van der Waals surface area (Å²) in [6.07, 6.45) is 3.75. The third-order valence-corrected chi connectivity index (χ3v) is 3.16. The maximum absolute atomic E-state index is 11.3. The van der Waals surface area contributed by atoms with Crippen molar-refractivity contribution in [1.29, 1.82) is 0 Å². The van der Waals surface area contributed by atoms with E-state index in [2.05, 4.69) is 41.3 Å². The molecule has 0 aliphatic heterocycles. The van der Waals surface area contributed by atoms with Gasteiger partial charge >= 0.3 is 5.69 Å². The molecule has 2 aromatic heterocycles. The lowest BCUT2D eigenvalue weighted by Gasteiger charge is -2.17. The van der Waals surface area contributed by atoms with Crippen LogP contribution in [0.25, 0.3) is 5.65 Å². The minimum atomic E-state index is -0.267. The second kappa shape index (κ2) is 5.20. The molecule has 0 radical (unpaired) electrons. The van der Waals surface area contributed by atoms with Gasteiger partial charge in [-0.1, -0.05) is 20.3 Å². The number of aromatic amines is 1. The molecule has 0 saturated carbocycles. The van der Waals surface area contributed by atoms with Gasteiger partial charge in [-0.3, -0.25) is 0 Å². The highest BCUT2D eigenvalue weighted by Gasteiger charge is 2.09. The zero-order chi connectivity index (χ0) is 13.1. The van der Waals surface area contributed by atoms with Crippen molar-refractivity contribution < 1.29 is 0 Å². The average molecular weight is 249 g/mol. The van der Waals surface area contributed by atoms with Gasteiger partial charge in [0, 0.05) is 12.1 Å². The molecule has 2 unspecified atom stereocenters. The lowest BCUT2D eigenvalue weighted by Crippen LogP contribution is -2.19. The molecular formula is C12H19N5O. The van der Waals surface area contributed by atoms with E-state index in [1.807, 2.05) is 0 Å². The van der Waals surface area contributed by atoms with E-state index in [0.717, 1.165) is 12.2 Å². The largest absolute Gasteiger partial charge is 0.367 e. The van der Waals surface area contributed by atoms with E-state index >= 15 is 0 Å². The van der Waals surface area contributed by atoms with Gasteiger partial charge in [0.25, 0.3) is 0 Å². The fourth-order valence-electron chi connectivity index (χ4n) is 1.97. The first-order valence-corrected chi connectivity index (χ1v) is 6.29. The van der Waals surface area contributed by atoms with Crippen LogP contribution >= 0.6 is 0 Å². The molecule has 2 rings (SSSR count). The van der Waals surface area contributed by atoms with Crippen molar-refractivity contribution in [3.63, 3.8) is 0 Å². The molecule has 0 saturated heterocycles. The zero-order valence-electron chi connectivity index (χ0n) is 11.0. The summed E-state index contributed by atoms with van der Waals surface area (Å²) in [6, 6.07) is 2.12. The van der Waals surface area contributed by atoms with Gasteiger partial charge in [0.1, 0.15) is 12.1 Å². The normalized spacial score (nSPS) is 14.6. The Bertz CT molecular complexity index is 573. The summed E-state index contributed by atoms with van der Waals surface area (Å²) in [5.74, 6) is 1.43. The van der Waals surface area contributed by atoms with E-state index in [1.54, 1.807) is 6.07 Å². The topological polar surface area (TPSA) is 75.1 Å². The number of anilines is 1. The summed E-state index contributed by atoms with van der Waals surface area (Å²) >= 11 is 0. The first kappa shape index (κ1) is 12.6. The number of rotatable bonds is 5. The Morgan fingerprint density at radius 1 is 1.50 bits per heavy atom. The van der Waals surface area contributed by atoms with E-state index in [9.17, 15) is 4.79 Å². The Balaban J connectivity index is 2.09. The summed E-state index contributed by atoms with van der Waals surface area (Å²) < 4.78 is 1.38. The average Bonchev–Trinajstić information content (AvgIpc) is 2.70. The highest BCUT2D eigenvalue weighted by Crippen LogP contribution is 2.13. The second-order valence-electron chi connectivity index (χ2n) is 4.83. The molecule has 0 fully saturated rings. The molecule has 18 heavy (non-hydrogen) atoms. The monoisotopic (exact) mass is 249 g/mol. The van der Waals surface area contributed by atoms with Gasteiger partial charge in [0.15, 0.2) is 5.65 Å². The van der Waals surface area contributed by atoms with Crippen molar-refractivity contribution >= 4 is 11.5 Å². The van der Waals surface area contributed by atoms with E-state index < -0.39 is 0 Å². The van der Waals surface area contributed by atoms with Gasteiger partial charge in [-0.2, -0.15) is 5.10 Å². The number of hydrogen-bond donors (Lipinski definition) is 2. The lowest BCUT2D eigenvalue weighted by molar-refractivity contribution is 0.483. The quantitative estimate of drug-likeness (QED) is 0.845. The summed E-state index contributed by atoms with van der Waals surface area (Å²) in [4.78, 5) is 15.5. The standard InChI is InChI=1S/C12H19N5O/c1-4-8(2)5-9(3)14-10-6-11-15-16-12(18)17(11)7-13-10/h6-9,14H,4-5H2,1-3H3,(H,16,18). The number of H-pyrrole nitrogens is 1. The van der Waals surface area contributed by atoms with Crippen LogP contribution in [0.15, 0.2) is 17.2 Å². The molecule has 2 heterocycles. The van der Waals surface area contributed by atoms with E-state index in [-0.39, 0.29) is 5.69 Å². The van der Waals surface area contributed by atoms with Crippen LogP contribution in [0, 0.1) is 5.92 Å². The number of aromatic nitrogens is 4. The molecule has 0 aromatic carbocycles. The van der Waals surface area contributed by atoms with E-state index in [0.29, 0.717) is 17.6 Å². The molecule has 6 heteroatoms. The summed E-state index contributed by atoms with van der Waals surface area (Å²) in [5, 5.41) is 9.62. The summed E-state index contributed by atoms with van der Waals surface area (Å²) in [5.41, 5.74) is 0.310. The van der Waals surface area contributed by atoms with Crippen LogP contribution in [0.5, 0.6) is 0 Å². The molecular weight excluding hydrogens is 230 g/mol. The fraction of sp³-hybridized carbons (Fsp3) is 0.583. The van der Waals surface area contributed by atoms with Gasteiger partial charge in [0.2, 0.25) is 0 Å². The van der Waals surface area contributed by atoms with Gasteiger partial charge in [-0.25, -0.2) is 19.3 Å². The molecule has 0 bridgehead atoms. The van der Waals surface area contributed by atoms with Crippen LogP contribution in [-0.4, -0.2) is 25.6 Å². The van der Waals surface area contributed by atoms with Gasteiger partial charge in [-0.05, 0) is 19.3 Å². The molecule has 6 nitrogen and oxygen atoms in total. The molecule has 0 aliphatic rings. The predicted octanol–water partition coefficient (Wildman–Crippen LogP) is 1.65. The molecule has 2 aromatic rings. The molecule has 2 N–H and O–H groups in total. The van der Waals surface area contributed by atoms with Crippen molar-refractivity contribution in [1.82, 2.24) is 19.6 Å². The van der Waals surface area contributed by atoms with Crippen molar-refractivity contribution in [3.05, 3.63) is 22.9 Å².